The number of hydrogen-bond acceptors (Lipinski definition) is 13. The molecule has 198 valence electrons. The minimum atomic E-state index is -0.317. The van der Waals surface area contributed by atoms with Gasteiger partial charge in [-0.15, -0.1) is 0 Å². The summed E-state index contributed by atoms with van der Waals surface area (Å²) in [6, 6.07) is 1.89. The highest BCUT2D eigenvalue weighted by molar-refractivity contribution is 9.10. The van der Waals surface area contributed by atoms with Crippen LogP contribution in [0.5, 0.6) is 0 Å². The van der Waals surface area contributed by atoms with Crippen molar-refractivity contribution in [1.82, 2.24) is 19.9 Å². The van der Waals surface area contributed by atoms with Crippen molar-refractivity contribution in [2.45, 2.75) is 13.8 Å². The minimum absolute atomic E-state index is 0.0581. The second-order valence-electron chi connectivity index (χ2n) is 7.88. The Morgan fingerprint density at radius 1 is 0.838 bits per heavy atom. The Morgan fingerprint density at radius 3 is 1.73 bits per heavy atom. The van der Waals surface area contributed by atoms with E-state index in [1.54, 1.807) is 0 Å². The third kappa shape index (κ3) is 7.59. The fourth-order valence-electron chi connectivity index (χ4n) is 3.34. The Hall–Kier alpha value is -3.81. The fourth-order valence-corrected chi connectivity index (χ4v) is 3.62. The maximum Gasteiger partial charge on any atom is 0.229 e. The molecule has 0 saturated carbocycles. The van der Waals surface area contributed by atoms with Crippen LogP contribution >= 0.6 is 15.9 Å². The molecule has 0 spiro atoms. The maximum atomic E-state index is 11.1. The first-order valence-corrected chi connectivity index (χ1v) is 12.1. The predicted octanol–water partition coefficient (Wildman–Crippen LogP) is 0.342. The van der Waals surface area contributed by atoms with Crippen molar-refractivity contribution >= 4 is 62.9 Å². The number of anilines is 6. The predicted molar refractivity (Wildman–Crippen MR) is 140 cm³/mol. The van der Waals surface area contributed by atoms with Crippen molar-refractivity contribution < 1.29 is 19.1 Å². The molecule has 6 N–H and O–H groups in total. The van der Waals surface area contributed by atoms with Gasteiger partial charge in [0.2, 0.25) is 23.7 Å². The number of nitrogens with zero attached hydrogens (tertiary/aromatic N) is 7. The van der Waals surface area contributed by atoms with Crippen LogP contribution in [0.15, 0.2) is 4.47 Å². The second-order valence-corrected chi connectivity index (χ2v) is 8.67. The zero-order valence-corrected chi connectivity index (χ0v) is 22.0. The standard InChI is InChI=1S/C11H14N6O2.C10H14BrN5O2/c1-7(18)14-10-8(6-12)9(13)15-11(16-10)17-2-4-19-5-3-17;1-6(17)13-9-7(11)8(12)14-10(15-9)16-2-4-18-5-3-16/h2-5H2,1H3,(H3,13,14,15,16,18);2-5H2,1H3,(H3,12,13,14,15,17). The van der Waals surface area contributed by atoms with E-state index in [-0.39, 0.29) is 29.0 Å². The minimum Gasteiger partial charge on any atom is -0.383 e. The van der Waals surface area contributed by atoms with E-state index >= 15 is 0 Å². The molecule has 0 unspecified atom stereocenters. The maximum absolute atomic E-state index is 11.1. The molecule has 2 fully saturated rings. The summed E-state index contributed by atoms with van der Waals surface area (Å²) in [5.74, 6) is 1.26. The lowest BCUT2D eigenvalue weighted by Gasteiger charge is -2.27. The molecular weight excluding hydrogens is 550 g/mol. The molecular formula is C21H28BrN11O4. The quantitative estimate of drug-likeness (QED) is 0.386. The zero-order valence-electron chi connectivity index (χ0n) is 20.5. The van der Waals surface area contributed by atoms with Gasteiger partial charge in [0.15, 0.2) is 11.6 Å². The van der Waals surface area contributed by atoms with Crippen molar-refractivity contribution in [2.75, 3.05) is 84.5 Å². The Bertz CT molecular complexity index is 1180. The number of morpholine rings is 2. The van der Waals surface area contributed by atoms with Crippen LogP contribution in [0.1, 0.15) is 19.4 Å². The Balaban J connectivity index is 0.000000206. The van der Waals surface area contributed by atoms with Crippen LogP contribution in [0.4, 0.5) is 35.2 Å². The molecule has 2 saturated heterocycles. The number of nitrogen functional groups attached to an aromatic ring is 2. The number of ether oxygens (including phenoxy) is 2. The van der Waals surface area contributed by atoms with Gasteiger partial charge in [0.05, 0.1) is 26.4 Å². The molecule has 37 heavy (non-hydrogen) atoms. The number of nitrogens with one attached hydrogen (secondary N) is 2. The monoisotopic (exact) mass is 577 g/mol. The van der Waals surface area contributed by atoms with Gasteiger partial charge in [0.25, 0.3) is 0 Å². The van der Waals surface area contributed by atoms with E-state index in [0.29, 0.717) is 80.6 Å². The largest absolute Gasteiger partial charge is 0.383 e. The lowest BCUT2D eigenvalue weighted by molar-refractivity contribution is -0.115. The first-order chi connectivity index (χ1) is 17.7. The average Bonchev–Trinajstić information content (AvgIpc) is 2.87. The SMILES string of the molecule is CC(=O)Nc1nc(N2CCOCC2)nc(N)c1Br.CC(=O)Nc1nc(N2CCOCC2)nc(N)c1C#N. The Kier molecular flexibility index (Phi) is 9.71. The van der Waals surface area contributed by atoms with Gasteiger partial charge in [-0.05, 0) is 15.9 Å². The Labute approximate surface area is 221 Å². The molecule has 0 aliphatic carbocycles. The summed E-state index contributed by atoms with van der Waals surface area (Å²) in [6.07, 6.45) is 0. The molecule has 2 aliphatic rings. The summed E-state index contributed by atoms with van der Waals surface area (Å²) in [5, 5.41) is 14.1. The van der Waals surface area contributed by atoms with Crippen molar-refractivity contribution in [3.05, 3.63) is 10.0 Å². The molecule has 4 rings (SSSR count). The van der Waals surface area contributed by atoms with Gasteiger partial charge in [-0.1, -0.05) is 0 Å². The first kappa shape index (κ1) is 27.8. The molecule has 2 amide bonds. The molecule has 2 aromatic heterocycles. The molecule has 2 aliphatic heterocycles. The normalized spacial score (nSPS) is 15.2. The van der Waals surface area contributed by atoms with E-state index < -0.39 is 0 Å². The van der Waals surface area contributed by atoms with Crippen molar-refractivity contribution in [3.63, 3.8) is 0 Å². The van der Waals surface area contributed by atoms with Crippen molar-refractivity contribution in [3.8, 4) is 6.07 Å². The number of amides is 2. The fraction of sp³-hybridized carbons (Fsp3) is 0.476. The second kappa shape index (κ2) is 12.9. The van der Waals surface area contributed by atoms with Crippen molar-refractivity contribution in [1.29, 1.82) is 5.26 Å². The van der Waals surface area contributed by atoms with Gasteiger partial charge in [-0.2, -0.15) is 25.2 Å². The zero-order chi connectivity index (χ0) is 26.9. The summed E-state index contributed by atoms with van der Waals surface area (Å²) < 4.78 is 11.0. The van der Waals surface area contributed by atoms with E-state index in [9.17, 15) is 9.59 Å². The average molecular weight is 578 g/mol. The first-order valence-electron chi connectivity index (χ1n) is 11.3. The van der Waals surface area contributed by atoms with Crippen molar-refractivity contribution in [2.24, 2.45) is 0 Å². The van der Waals surface area contributed by atoms with Gasteiger partial charge in [-0.25, -0.2) is 0 Å². The molecule has 16 heteroatoms. The summed E-state index contributed by atoms with van der Waals surface area (Å²) in [5.41, 5.74) is 11.6. The molecule has 2 aromatic rings. The van der Waals surface area contributed by atoms with Crippen LogP contribution in [0, 0.1) is 11.3 Å². The lowest BCUT2D eigenvalue weighted by atomic mass is 10.3. The van der Waals surface area contributed by atoms with Gasteiger partial charge in [-0.3, -0.25) is 9.59 Å². The van der Waals surface area contributed by atoms with E-state index in [2.05, 4.69) is 46.5 Å². The van der Waals surface area contributed by atoms with Crippen LogP contribution < -0.4 is 31.9 Å². The van der Waals surface area contributed by atoms with E-state index in [0.717, 1.165) is 0 Å². The van der Waals surface area contributed by atoms with E-state index in [1.807, 2.05) is 15.9 Å². The van der Waals surface area contributed by atoms with E-state index in [4.69, 9.17) is 26.2 Å². The number of halogens is 1. The van der Waals surface area contributed by atoms with Crippen LogP contribution in [0.2, 0.25) is 0 Å². The van der Waals surface area contributed by atoms with Gasteiger partial charge < -0.3 is 41.4 Å². The molecule has 0 radical (unpaired) electrons. The molecule has 0 atom stereocenters. The van der Waals surface area contributed by atoms with Crippen LogP contribution in [-0.4, -0.2) is 84.4 Å². The number of carbonyl (C=O) groups excluding carboxylic acids is 2. The van der Waals surface area contributed by atoms with Gasteiger partial charge in [0, 0.05) is 40.0 Å². The number of nitriles is 1. The summed E-state index contributed by atoms with van der Waals surface area (Å²) in [7, 11) is 0. The third-order valence-corrected chi connectivity index (χ3v) is 5.86. The third-order valence-electron chi connectivity index (χ3n) is 5.08. The lowest BCUT2D eigenvalue weighted by Crippen LogP contribution is -2.37. The summed E-state index contributed by atoms with van der Waals surface area (Å²) in [4.78, 5) is 42.9. The smallest absolute Gasteiger partial charge is 0.229 e. The van der Waals surface area contributed by atoms with E-state index in [1.165, 1.54) is 13.8 Å². The molecule has 0 aromatic carbocycles. The van der Waals surface area contributed by atoms with Crippen LogP contribution in [0.3, 0.4) is 0 Å². The molecule has 4 heterocycles. The van der Waals surface area contributed by atoms with Gasteiger partial charge in [0.1, 0.15) is 27.7 Å². The number of nitrogens with two attached hydrogens (primary N) is 2. The highest BCUT2D eigenvalue weighted by Gasteiger charge is 2.20. The molecule has 0 bridgehead atoms. The number of aromatic nitrogens is 4. The Morgan fingerprint density at radius 2 is 1.27 bits per heavy atom. The molecule has 15 nitrogen and oxygen atoms in total. The highest BCUT2D eigenvalue weighted by Crippen LogP contribution is 2.28. The summed E-state index contributed by atoms with van der Waals surface area (Å²) >= 11 is 3.26. The van der Waals surface area contributed by atoms with Crippen LogP contribution in [0.25, 0.3) is 0 Å². The topological polar surface area (TPSA) is 211 Å². The number of carbonyl (C=O) groups is 2. The number of hydrogen-bond donors (Lipinski definition) is 4. The summed E-state index contributed by atoms with van der Waals surface area (Å²) in [6.45, 7) is 7.89. The highest BCUT2D eigenvalue weighted by atomic mass is 79.9. The van der Waals surface area contributed by atoms with Gasteiger partial charge >= 0.3 is 0 Å². The van der Waals surface area contributed by atoms with Crippen LogP contribution in [-0.2, 0) is 19.1 Å². The number of rotatable bonds is 4.